The van der Waals surface area contributed by atoms with E-state index in [1.165, 1.54) is 12.1 Å². The first-order valence-electron chi connectivity index (χ1n) is 10.0. The predicted molar refractivity (Wildman–Crippen MR) is 98.5 cm³/mol. The normalized spacial score (nSPS) is 30.9. The number of amides is 2. The summed E-state index contributed by atoms with van der Waals surface area (Å²) in [5.41, 5.74) is -0.781. The highest BCUT2D eigenvalue weighted by Gasteiger charge is 2.55. The Kier molecular flexibility index (Phi) is 4.93. The number of carbonyl (C=O) groups excluding carboxylic acids is 2. The van der Waals surface area contributed by atoms with Gasteiger partial charge < -0.3 is 9.64 Å². The fourth-order valence-corrected chi connectivity index (χ4v) is 4.91. The number of ether oxygens (including phenoxy) is 1. The standard InChI is InChI=1S/C21H27FN2O3/c1-15-7-6-10-21(13-15)24(19(25)16-8-2-3-9-17(16)22)18(14-27-21)20(26)23-11-4-5-12-23/h2-3,8-9,15,18H,4-7,10-14H2,1H3. The lowest BCUT2D eigenvalue weighted by Crippen LogP contribution is -2.57. The van der Waals surface area contributed by atoms with Crippen molar-refractivity contribution in [2.75, 3.05) is 19.7 Å². The van der Waals surface area contributed by atoms with Crippen LogP contribution in [0.5, 0.6) is 0 Å². The molecule has 5 nitrogen and oxygen atoms in total. The van der Waals surface area contributed by atoms with Crippen LogP contribution in [0.1, 0.15) is 55.8 Å². The summed E-state index contributed by atoms with van der Waals surface area (Å²) in [6.45, 7) is 3.79. The third-order valence-electron chi connectivity index (χ3n) is 6.22. The number of nitrogens with zero attached hydrogens (tertiary/aromatic N) is 2. The topological polar surface area (TPSA) is 49.9 Å². The van der Waals surface area contributed by atoms with E-state index in [1.807, 2.05) is 4.90 Å². The maximum Gasteiger partial charge on any atom is 0.259 e. The van der Waals surface area contributed by atoms with Crippen LogP contribution in [0.3, 0.4) is 0 Å². The first-order chi connectivity index (χ1) is 13.0. The molecule has 1 saturated carbocycles. The van der Waals surface area contributed by atoms with Gasteiger partial charge in [0.05, 0.1) is 12.2 Å². The molecule has 3 aliphatic rings. The Morgan fingerprint density at radius 2 is 1.93 bits per heavy atom. The Morgan fingerprint density at radius 1 is 1.19 bits per heavy atom. The molecule has 3 fully saturated rings. The van der Waals surface area contributed by atoms with Gasteiger partial charge in [-0.05, 0) is 50.2 Å². The average Bonchev–Trinajstić information content (AvgIpc) is 3.30. The molecule has 3 atom stereocenters. The predicted octanol–water partition coefficient (Wildman–Crippen LogP) is 3.20. The fourth-order valence-electron chi connectivity index (χ4n) is 4.91. The van der Waals surface area contributed by atoms with Crippen LogP contribution in [0, 0.1) is 11.7 Å². The van der Waals surface area contributed by atoms with Crippen molar-refractivity contribution < 1.29 is 18.7 Å². The second-order valence-corrected chi connectivity index (χ2v) is 8.16. The molecule has 3 unspecified atom stereocenters. The molecule has 146 valence electrons. The van der Waals surface area contributed by atoms with Crippen molar-refractivity contribution in [1.29, 1.82) is 0 Å². The zero-order chi connectivity index (χ0) is 19.0. The highest BCUT2D eigenvalue weighted by atomic mass is 19.1. The molecule has 1 spiro atoms. The molecule has 27 heavy (non-hydrogen) atoms. The fraction of sp³-hybridized carbons (Fsp3) is 0.619. The molecule has 0 bridgehead atoms. The van der Waals surface area contributed by atoms with Gasteiger partial charge >= 0.3 is 0 Å². The van der Waals surface area contributed by atoms with Crippen LogP contribution in [0.2, 0.25) is 0 Å². The highest BCUT2D eigenvalue weighted by molar-refractivity contribution is 5.98. The molecule has 2 heterocycles. The first kappa shape index (κ1) is 18.4. The molecule has 2 saturated heterocycles. The second-order valence-electron chi connectivity index (χ2n) is 8.16. The largest absolute Gasteiger partial charge is 0.353 e. The summed E-state index contributed by atoms with van der Waals surface area (Å²) >= 11 is 0. The van der Waals surface area contributed by atoms with Crippen LogP contribution < -0.4 is 0 Å². The summed E-state index contributed by atoms with van der Waals surface area (Å²) < 4.78 is 20.5. The Bertz CT molecular complexity index is 734. The van der Waals surface area contributed by atoms with Gasteiger partial charge in [-0.3, -0.25) is 14.5 Å². The van der Waals surface area contributed by atoms with E-state index >= 15 is 0 Å². The van der Waals surface area contributed by atoms with E-state index < -0.39 is 23.5 Å². The molecule has 0 N–H and O–H groups in total. The van der Waals surface area contributed by atoms with Gasteiger partial charge in [0, 0.05) is 13.1 Å². The Hall–Kier alpha value is -1.95. The van der Waals surface area contributed by atoms with Crippen LogP contribution in [0.25, 0.3) is 0 Å². The summed E-state index contributed by atoms with van der Waals surface area (Å²) in [6, 6.07) is 5.34. The Labute approximate surface area is 159 Å². The van der Waals surface area contributed by atoms with E-state index in [0.717, 1.165) is 38.8 Å². The SMILES string of the molecule is CC1CCCC2(C1)OCC(C(=O)N1CCCC1)N2C(=O)c1ccccc1F. The molecule has 2 aliphatic heterocycles. The van der Waals surface area contributed by atoms with Crippen molar-refractivity contribution in [1.82, 2.24) is 9.80 Å². The summed E-state index contributed by atoms with van der Waals surface area (Å²) in [5, 5.41) is 0. The Morgan fingerprint density at radius 3 is 2.63 bits per heavy atom. The number of carbonyl (C=O) groups is 2. The number of rotatable bonds is 2. The van der Waals surface area contributed by atoms with Gasteiger partial charge in [0.25, 0.3) is 5.91 Å². The molecule has 0 aromatic heterocycles. The van der Waals surface area contributed by atoms with Gasteiger partial charge in [0.15, 0.2) is 0 Å². The lowest BCUT2D eigenvalue weighted by atomic mass is 9.83. The third kappa shape index (κ3) is 3.24. The van der Waals surface area contributed by atoms with E-state index in [2.05, 4.69) is 6.92 Å². The highest BCUT2D eigenvalue weighted by Crippen LogP contribution is 2.44. The third-order valence-corrected chi connectivity index (χ3v) is 6.22. The molecule has 0 radical (unpaired) electrons. The zero-order valence-electron chi connectivity index (χ0n) is 15.8. The van der Waals surface area contributed by atoms with Gasteiger partial charge in [-0.2, -0.15) is 0 Å². The number of hydrogen-bond acceptors (Lipinski definition) is 3. The smallest absolute Gasteiger partial charge is 0.259 e. The molecular weight excluding hydrogens is 347 g/mol. The van der Waals surface area contributed by atoms with Crippen LogP contribution in [0.15, 0.2) is 24.3 Å². The van der Waals surface area contributed by atoms with Crippen LogP contribution >= 0.6 is 0 Å². The van der Waals surface area contributed by atoms with E-state index in [1.54, 1.807) is 17.0 Å². The van der Waals surface area contributed by atoms with Crippen molar-refractivity contribution in [3.63, 3.8) is 0 Å². The minimum Gasteiger partial charge on any atom is -0.353 e. The van der Waals surface area contributed by atoms with E-state index in [-0.39, 0.29) is 18.1 Å². The molecular formula is C21H27FN2O3. The van der Waals surface area contributed by atoms with E-state index in [4.69, 9.17) is 4.74 Å². The molecule has 6 heteroatoms. The first-order valence-corrected chi connectivity index (χ1v) is 10.0. The van der Waals surface area contributed by atoms with Gasteiger partial charge in [0.1, 0.15) is 17.6 Å². The Balaban J connectivity index is 1.70. The van der Waals surface area contributed by atoms with Crippen molar-refractivity contribution in [2.24, 2.45) is 5.92 Å². The van der Waals surface area contributed by atoms with E-state index in [0.29, 0.717) is 18.8 Å². The summed E-state index contributed by atoms with van der Waals surface area (Å²) in [6.07, 6.45) is 5.38. The average molecular weight is 374 g/mol. The van der Waals surface area contributed by atoms with Gasteiger partial charge in [0.2, 0.25) is 5.91 Å². The summed E-state index contributed by atoms with van der Waals surface area (Å²) in [4.78, 5) is 30.0. The monoisotopic (exact) mass is 374 g/mol. The van der Waals surface area contributed by atoms with E-state index in [9.17, 15) is 14.0 Å². The molecule has 2 amide bonds. The second kappa shape index (κ2) is 7.23. The van der Waals surface area contributed by atoms with Crippen molar-refractivity contribution in [2.45, 2.75) is 57.2 Å². The van der Waals surface area contributed by atoms with Gasteiger partial charge in [-0.1, -0.05) is 25.5 Å². The van der Waals surface area contributed by atoms with Crippen molar-refractivity contribution in [3.8, 4) is 0 Å². The minimum absolute atomic E-state index is 0.0137. The molecule has 1 aromatic rings. The molecule has 1 aliphatic carbocycles. The lowest BCUT2D eigenvalue weighted by molar-refractivity contribution is -0.137. The molecule has 4 rings (SSSR count). The maximum absolute atomic E-state index is 14.4. The summed E-state index contributed by atoms with van der Waals surface area (Å²) in [5.74, 6) is -0.652. The van der Waals surface area contributed by atoms with Crippen molar-refractivity contribution >= 4 is 11.8 Å². The van der Waals surface area contributed by atoms with Crippen LogP contribution in [-0.2, 0) is 9.53 Å². The zero-order valence-corrected chi connectivity index (χ0v) is 15.8. The maximum atomic E-state index is 14.4. The van der Waals surface area contributed by atoms with Gasteiger partial charge in [-0.25, -0.2) is 4.39 Å². The quantitative estimate of drug-likeness (QED) is 0.799. The molecule has 1 aromatic carbocycles. The number of hydrogen-bond donors (Lipinski definition) is 0. The lowest BCUT2D eigenvalue weighted by Gasteiger charge is -2.43. The number of benzene rings is 1. The van der Waals surface area contributed by atoms with Crippen LogP contribution in [-0.4, -0.2) is 53.1 Å². The van der Waals surface area contributed by atoms with Gasteiger partial charge in [-0.15, -0.1) is 0 Å². The van der Waals surface area contributed by atoms with Crippen molar-refractivity contribution in [3.05, 3.63) is 35.6 Å². The van der Waals surface area contributed by atoms with Crippen LogP contribution in [0.4, 0.5) is 4.39 Å². The number of halogens is 1. The minimum atomic E-state index is -0.795. The summed E-state index contributed by atoms with van der Waals surface area (Å²) in [7, 11) is 0. The number of likely N-dealkylation sites (tertiary alicyclic amines) is 1.